The van der Waals surface area contributed by atoms with Crippen LogP contribution in [0.4, 0.5) is 0 Å². The van der Waals surface area contributed by atoms with E-state index >= 15 is 0 Å². The lowest BCUT2D eigenvalue weighted by Gasteiger charge is -2.21. The van der Waals surface area contributed by atoms with Gasteiger partial charge in [-0.3, -0.25) is 4.79 Å². The lowest BCUT2D eigenvalue weighted by Crippen LogP contribution is -2.43. The summed E-state index contributed by atoms with van der Waals surface area (Å²) in [6.45, 7) is 1.83. The molecule has 2 aromatic heterocycles. The molecular formula is C22H19N7O. The van der Waals surface area contributed by atoms with Gasteiger partial charge in [0.1, 0.15) is 0 Å². The average Bonchev–Trinajstić information content (AvgIpc) is 3.44. The van der Waals surface area contributed by atoms with Gasteiger partial charge in [0.05, 0.1) is 35.4 Å². The zero-order valence-electron chi connectivity index (χ0n) is 16.4. The molecule has 3 aromatic rings. The number of hydrogen-bond acceptors (Lipinski definition) is 6. The van der Waals surface area contributed by atoms with E-state index < -0.39 is 0 Å². The van der Waals surface area contributed by atoms with Crippen LogP contribution in [-0.2, 0) is 0 Å². The highest BCUT2D eigenvalue weighted by Crippen LogP contribution is 2.37. The van der Waals surface area contributed by atoms with Crippen molar-refractivity contribution in [3.8, 4) is 18.1 Å². The van der Waals surface area contributed by atoms with Crippen LogP contribution in [0.1, 0.15) is 40.9 Å². The standard InChI is InChI=1S/C22H19N7O/c1-13-6-14(10-23)7-21(26-13)29-19-4-2-15(8-16(19)11-25-29)22(30)27-18-9-17-3-5-20(18)28(17)12-24/h2,4,6-8,11,17-18,20H,3,5,9H2,1H3,(H,27,30)/t17-,18+,20+/m0/s1. The molecule has 148 valence electrons. The second kappa shape index (κ2) is 6.85. The van der Waals surface area contributed by atoms with Crippen molar-refractivity contribution in [3.63, 3.8) is 0 Å². The molecule has 1 N–H and O–H groups in total. The number of benzene rings is 1. The van der Waals surface area contributed by atoms with E-state index in [9.17, 15) is 15.3 Å². The number of rotatable bonds is 3. The molecule has 2 aliphatic heterocycles. The van der Waals surface area contributed by atoms with Crippen molar-refractivity contribution in [3.05, 3.63) is 53.3 Å². The van der Waals surface area contributed by atoms with E-state index in [1.165, 1.54) is 0 Å². The quantitative estimate of drug-likeness (QED) is 0.680. The first-order valence-electron chi connectivity index (χ1n) is 9.93. The molecule has 3 atom stereocenters. The van der Waals surface area contributed by atoms with Gasteiger partial charge in [-0.05, 0) is 50.5 Å². The van der Waals surface area contributed by atoms with Crippen molar-refractivity contribution in [1.29, 1.82) is 10.5 Å². The summed E-state index contributed by atoms with van der Waals surface area (Å²) in [6.07, 6.45) is 6.76. The minimum Gasteiger partial charge on any atom is -0.347 e. The topological polar surface area (TPSA) is 111 Å². The van der Waals surface area contributed by atoms with Crippen molar-refractivity contribution in [1.82, 2.24) is 25.0 Å². The molecule has 2 fully saturated rings. The van der Waals surface area contributed by atoms with E-state index in [1.807, 2.05) is 24.0 Å². The van der Waals surface area contributed by atoms with Gasteiger partial charge >= 0.3 is 0 Å². The van der Waals surface area contributed by atoms with Gasteiger partial charge in [0, 0.05) is 28.8 Å². The predicted octanol–water partition coefficient (Wildman–Crippen LogP) is 2.42. The maximum atomic E-state index is 12.8. The molecule has 30 heavy (non-hydrogen) atoms. The van der Waals surface area contributed by atoms with Crippen molar-refractivity contribution < 1.29 is 4.79 Å². The SMILES string of the molecule is Cc1cc(C#N)cc(-n2ncc3cc(C(=O)N[C@@H]4C[C@@H]5CC[C@H]4N5C#N)ccc32)n1. The third kappa shape index (κ3) is 2.85. The van der Waals surface area contributed by atoms with Crippen LogP contribution in [0.15, 0.2) is 36.5 Å². The summed E-state index contributed by atoms with van der Waals surface area (Å²) in [4.78, 5) is 19.1. The number of hydrogen-bond donors (Lipinski definition) is 1. The Bertz CT molecular complexity index is 1250. The summed E-state index contributed by atoms with van der Waals surface area (Å²) in [5, 5.41) is 26.9. The highest BCUT2D eigenvalue weighted by atomic mass is 16.1. The molecule has 0 radical (unpaired) electrons. The molecule has 8 heteroatoms. The lowest BCUT2D eigenvalue weighted by molar-refractivity contribution is 0.0928. The second-order valence-corrected chi connectivity index (χ2v) is 7.92. The van der Waals surface area contributed by atoms with E-state index in [4.69, 9.17) is 0 Å². The lowest BCUT2D eigenvalue weighted by atomic mass is 9.95. The van der Waals surface area contributed by atoms with Gasteiger partial charge in [0.15, 0.2) is 12.0 Å². The Morgan fingerprint density at radius 2 is 2.10 bits per heavy atom. The molecule has 0 unspecified atom stereocenters. The molecule has 0 spiro atoms. The Morgan fingerprint density at radius 1 is 1.23 bits per heavy atom. The number of carbonyl (C=O) groups is 1. The van der Waals surface area contributed by atoms with Crippen molar-refractivity contribution in [2.45, 2.75) is 44.3 Å². The van der Waals surface area contributed by atoms with Crippen LogP contribution in [0, 0.1) is 29.7 Å². The Hall–Kier alpha value is -3.91. The average molecular weight is 397 g/mol. The number of pyridine rings is 1. The second-order valence-electron chi connectivity index (χ2n) is 7.92. The highest BCUT2D eigenvalue weighted by Gasteiger charge is 2.46. The molecule has 0 aliphatic carbocycles. The fourth-order valence-electron chi connectivity index (χ4n) is 4.73. The van der Waals surface area contributed by atoms with Gasteiger partial charge in [0.25, 0.3) is 5.91 Å². The Labute approximate surface area is 173 Å². The van der Waals surface area contributed by atoms with Crippen molar-refractivity contribution in [2.75, 3.05) is 0 Å². The number of nitrogens with one attached hydrogen (secondary N) is 1. The minimum atomic E-state index is -0.138. The van der Waals surface area contributed by atoms with Crippen LogP contribution in [-0.4, -0.2) is 43.7 Å². The molecule has 1 aromatic carbocycles. The zero-order valence-corrected chi connectivity index (χ0v) is 16.4. The number of nitrogens with zero attached hydrogens (tertiary/aromatic N) is 6. The van der Waals surface area contributed by atoms with Crippen LogP contribution in [0.3, 0.4) is 0 Å². The van der Waals surface area contributed by atoms with Crippen LogP contribution in [0.2, 0.25) is 0 Å². The van der Waals surface area contributed by atoms with E-state index in [2.05, 4.69) is 27.7 Å². The van der Waals surface area contributed by atoms with E-state index in [0.717, 1.165) is 35.9 Å². The van der Waals surface area contributed by atoms with E-state index in [1.54, 1.807) is 29.1 Å². The molecule has 2 aliphatic rings. The summed E-state index contributed by atoms with van der Waals surface area (Å²) in [5.41, 5.74) is 2.63. The third-order valence-corrected chi connectivity index (χ3v) is 6.08. The fraction of sp³-hybridized carbons (Fsp3) is 0.318. The number of carbonyl (C=O) groups excluding carboxylic acids is 1. The number of aryl methyl sites for hydroxylation is 1. The normalized spacial score (nSPS) is 22.1. The fourth-order valence-corrected chi connectivity index (χ4v) is 4.73. The third-order valence-electron chi connectivity index (χ3n) is 6.08. The number of nitriles is 2. The van der Waals surface area contributed by atoms with E-state index in [-0.39, 0.29) is 24.0 Å². The van der Waals surface area contributed by atoms with Gasteiger partial charge in [-0.2, -0.15) is 15.6 Å². The first-order valence-corrected chi connectivity index (χ1v) is 9.93. The van der Waals surface area contributed by atoms with Crippen LogP contribution in [0.5, 0.6) is 0 Å². The van der Waals surface area contributed by atoms with Gasteiger partial charge in [-0.15, -0.1) is 0 Å². The summed E-state index contributed by atoms with van der Waals surface area (Å²) in [6, 6.07) is 11.3. The number of amides is 1. The monoisotopic (exact) mass is 397 g/mol. The molecule has 0 saturated carbocycles. The predicted molar refractivity (Wildman–Crippen MR) is 108 cm³/mol. The van der Waals surface area contributed by atoms with Crippen molar-refractivity contribution in [2.24, 2.45) is 0 Å². The molecule has 1 amide bonds. The van der Waals surface area contributed by atoms with E-state index in [0.29, 0.717) is 16.9 Å². The van der Waals surface area contributed by atoms with Gasteiger partial charge in [0.2, 0.25) is 0 Å². The van der Waals surface area contributed by atoms with Crippen LogP contribution < -0.4 is 5.32 Å². The smallest absolute Gasteiger partial charge is 0.251 e. The Kier molecular flexibility index (Phi) is 4.14. The zero-order chi connectivity index (χ0) is 20.8. The molecule has 8 nitrogen and oxygen atoms in total. The maximum absolute atomic E-state index is 12.8. The first-order chi connectivity index (χ1) is 14.6. The molecule has 2 bridgehead atoms. The Balaban J connectivity index is 1.40. The number of fused-ring (bicyclic) bond motifs is 3. The summed E-state index contributed by atoms with van der Waals surface area (Å²) in [5.74, 6) is 0.429. The van der Waals surface area contributed by atoms with Gasteiger partial charge in [-0.1, -0.05) is 0 Å². The Morgan fingerprint density at radius 3 is 2.87 bits per heavy atom. The minimum absolute atomic E-state index is 0.00946. The van der Waals surface area contributed by atoms with Gasteiger partial charge < -0.3 is 10.2 Å². The molecule has 4 heterocycles. The van der Waals surface area contributed by atoms with Crippen LogP contribution >= 0.6 is 0 Å². The number of aromatic nitrogens is 3. The summed E-state index contributed by atoms with van der Waals surface area (Å²) in [7, 11) is 0. The maximum Gasteiger partial charge on any atom is 0.251 e. The summed E-state index contributed by atoms with van der Waals surface area (Å²) >= 11 is 0. The molecule has 5 rings (SSSR count). The molecular weight excluding hydrogens is 378 g/mol. The van der Waals surface area contributed by atoms with Gasteiger partial charge in [-0.25, -0.2) is 9.67 Å². The van der Waals surface area contributed by atoms with Crippen LogP contribution in [0.25, 0.3) is 16.7 Å². The van der Waals surface area contributed by atoms with Crippen molar-refractivity contribution >= 4 is 16.8 Å². The summed E-state index contributed by atoms with van der Waals surface area (Å²) < 4.78 is 1.67. The first kappa shape index (κ1) is 18.1. The molecule has 2 saturated heterocycles. The highest BCUT2D eigenvalue weighted by molar-refractivity contribution is 5.98. The largest absolute Gasteiger partial charge is 0.347 e.